The number of nitrogens with two attached hydrogens (primary N) is 1. The number of allylic oxidation sites excluding steroid dienone is 4. The lowest BCUT2D eigenvalue weighted by atomic mass is 10.0. The van der Waals surface area contributed by atoms with E-state index in [2.05, 4.69) is 4.99 Å². The number of rotatable bonds is 4. The number of aliphatic imine (C=N–C) groups is 1. The topological polar surface area (TPSA) is 62.2 Å². The van der Waals surface area contributed by atoms with Gasteiger partial charge in [-0.3, -0.25) is 0 Å². The van der Waals surface area contributed by atoms with Gasteiger partial charge in [-0.05, 0) is 25.8 Å². The minimum absolute atomic E-state index is 0.120. The van der Waals surface area contributed by atoms with E-state index in [-0.39, 0.29) is 11.3 Å². The van der Waals surface area contributed by atoms with E-state index in [1.165, 1.54) is 13.1 Å². The number of hydrogen-bond donors (Lipinski definition) is 1. The number of hydrogen-bond acceptors (Lipinski definition) is 3. The van der Waals surface area contributed by atoms with Crippen molar-refractivity contribution in [2.45, 2.75) is 33.4 Å². The molecule has 0 saturated heterocycles. The number of nitrogens with zero attached hydrogens (tertiary/aromatic N) is 2. The minimum Gasteiger partial charge on any atom is -0.398 e. The first-order valence-electron chi connectivity index (χ1n) is 5.41. The molecule has 0 saturated carbocycles. The third-order valence-corrected chi connectivity index (χ3v) is 2.40. The van der Waals surface area contributed by atoms with Gasteiger partial charge in [0.25, 0.3) is 0 Å². The fourth-order valence-corrected chi connectivity index (χ4v) is 1.10. The molecule has 0 fully saturated rings. The maximum atomic E-state index is 12.5. The molecule has 0 aromatic carbocycles. The monoisotopic (exact) mass is 259 g/mol. The van der Waals surface area contributed by atoms with Crippen LogP contribution < -0.4 is 5.73 Å². The summed E-state index contributed by atoms with van der Waals surface area (Å²) in [6, 6.07) is 1.65. The van der Waals surface area contributed by atoms with Crippen LogP contribution in [0, 0.1) is 17.2 Å². The molecule has 0 amide bonds. The first-order chi connectivity index (χ1) is 8.23. The minimum atomic E-state index is -4.38. The van der Waals surface area contributed by atoms with E-state index in [1.54, 1.807) is 12.1 Å². The third-order valence-electron chi connectivity index (χ3n) is 2.40. The van der Waals surface area contributed by atoms with E-state index in [1.807, 2.05) is 6.92 Å². The summed E-state index contributed by atoms with van der Waals surface area (Å²) in [7, 11) is 0. The highest BCUT2D eigenvalue weighted by atomic mass is 19.4. The second-order valence-corrected chi connectivity index (χ2v) is 3.78. The lowest BCUT2D eigenvalue weighted by Gasteiger charge is -2.16. The van der Waals surface area contributed by atoms with Crippen LogP contribution >= 0.6 is 0 Å². The van der Waals surface area contributed by atoms with Gasteiger partial charge in [-0.1, -0.05) is 13.0 Å². The Morgan fingerprint density at radius 1 is 1.50 bits per heavy atom. The molecular weight excluding hydrogens is 243 g/mol. The summed E-state index contributed by atoms with van der Waals surface area (Å²) in [5.74, 6) is -1.71. The maximum absolute atomic E-state index is 12.5. The number of nitriles is 1. The van der Waals surface area contributed by atoms with Gasteiger partial charge >= 0.3 is 6.18 Å². The zero-order valence-corrected chi connectivity index (χ0v) is 10.5. The highest BCUT2D eigenvalue weighted by Crippen LogP contribution is 2.32. The highest BCUT2D eigenvalue weighted by Gasteiger charge is 2.38. The predicted octanol–water partition coefficient (Wildman–Crippen LogP) is 3.31. The average molecular weight is 259 g/mol. The second kappa shape index (κ2) is 6.84. The zero-order valence-electron chi connectivity index (χ0n) is 10.5. The van der Waals surface area contributed by atoms with Crippen LogP contribution in [0.5, 0.6) is 0 Å². The molecule has 0 aliphatic carbocycles. The Kier molecular flexibility index (Phi) is 6.17. The van der Waals surface area contributed by atoms with Crippen LogP contribution in [-0.2, 0) is 0 Å². The molecule has 0 aliphatic rings. The standard InChI is InChI=1S/C12H16F3N3/c1-4-5-10(17)7-18-11(6-16)8(2)9(3)12(13,14)15/h5,7,9H,4,17H2,1-3H3/b10-5-,11-8+,18-7-. The summed E-state index contributed by atoms with van der Waals surface area (Å²) in [5.41, 5.74) is 5.45. The molecule has 0 aromatic heterocycles. The molecule has 0 aromatic rings. The SMILES string of the molecule is CC/C=C(N)/C=N\C(C#N)=C(/C)C(C)C(F)(F)F. The van der Waals surface area contributed by atoms with Crippen molar-refractivity contribution >= 4 is 6.21 Å². The van der Waals surface area contributed by atoms with E-state index in [0.717, 1.165) is 6.92 Å². The van der Waals surface area contributed by atoms with Gasteiger partial charge in [0.05, 0.1) is 12.1 Å². The Bertz CT molecular complexity index is 411. The Morgan fingerprint density at radius 3 is 2.44 bits per heavy atom. The number of halogens is 3. The fourth-order valence-electron chi connectivity index (χ4n) is 1.10. The van der Waals surface area contributed by atoms with Crippen LogP contribution in [0.3, 0.4) is 0 Å². The van der Waals surface area contributed by atoms with Crippen molar-refractivity contribution in [3.05, 3.63) is 23.0 Å². The lowest BCUT2D eigenvalue weighted by molar-refractivity contribution is -0.159. The molecule has 3 nitrogen and oxygen atoms in total. The predicted molar refractivity (Wildman–Crippen MR) is 64.6 cm³/mol. The van der Waals surface area contributed by atoms with Crippen LogP contribution in [0.1, 0.15) is 27.2 Å². The Hall–Kier alpha value is -1.77. The van der Waals surface area contributed by atoms with Crippen LogP contribution in [-0.4, -0.2) is 12.4 Å². The Labute approximate surface area is 104 Å². The Balaban J connectivity index is 5.21. The van der Waals surface area contributed by atoms with Crippen LogP contribution in [0.15, 0.2) is 28.0 Å². The highest BCUT2D eigenvalue weighted by molar-refractivity contribution is 5.78. The fraction of sp³-hybridized carbons (Fsp3) is 0.500. The normalized spacial score (nSPS) is 16.4. The van der Waals surface area contributed by atoms with Gasteiger partial charge in [0.15, 0.2) is 0 Å². The van der Waals surface area contributed by atoms with Crippen molar-refractivity contribution in [2.75, 3.05) is 0 Å². The lowest BCUT2D eigenvalue weighted by Crippen LogP contribution is -2.21. The van der Waals surface area contributed by atoms with Crippen molar-refractivity contribution in [1.29, 1.82) is 5.26 Å². The summed E-state index contributed by atoms with van der Waals surface area (Å²) in [5, 5.41) is 8.80. The molecule has 1 atom stereocenters. The van der Waals surface area contributed by atoms with Gasteiger partial charge in [-0.15, -0.1) is 0 Å². The molecule has 0 heterocycles. The second-order valence-electron chi connectivity index (χ2n) is 3.78. The van der Waals surface area contributed by atoms with E-state index >= 15 is 0 Å². The summed E-state index contributed by atoms with van der Waals surface area (Å²) in [6.07, 6.45) is -0.858. The van der Waals surface area contributed by atoms with Crippen molar-refractivity contribution in [1.82, 2.24) is 0 Å². The van der Waals surface area contributed by atoms with Crippen molar-refractivity contribution in [3.63, 3.8) is 0 Å². The van der Waals surface area contributed by atoms with Crippen LogP contribution in [0.2, 0.25) is 0 Å². The largest absolute Gasteiger partial charge is 0.398 e. The molecule has 100 valence electrons. The maximum Gasteiger partial charge on any atom is 0.395 e. The molecule has 0 aliphatic heterocycles. The van der Waals surface area contributed by atoms with E-state index in [0.29, 0.717) is 12.1 Å². The molecule has 0 bridgehead atoms. The van der Waals surface area contributed by atoms with Crippen LogP contribution in [0.25, 0.3) is 0 Å². The van der Waals surface area contributed by atoms with Gasteiger partial charge in [0.1, 0.15) is 11.8 Å². The quantitative estimate of drug-likeness (QED) is 0.622. The number of alkyl halides is 3. The molecule has 18 heavy (non-hydrogen) atoms. The van der Waals surface area contributed by atoms with Gasteiger partial charge in [0.2, 0.25) is 0 Å². The molecule has 0 radical (unpaired) electrons. The molecule has 0 rings (SSSR count). The summed E-state index contributed by atoms with van der Waals surface area (Å²) in [4.78, 5) is 3.70. The smallest absolute Gasteiger partial charge is 0.395 e. The van der Waals surface area contributed by atoms with E-state index < -0.39 is 12.1 Å². The van der Waals surface area contributed by atoms with Crippen LogP contribution in [0.4, 0.5) is 13.2 Å². The first-order valence-corrected chi connectivity index (χ1v) is 5.41. The van der Waals surface area contributed by atoms with E-state index in [4.69, 9.17) is 11.0 Å². The molecule has 1 unspecified atom stereocenters. The van der Waals surface area contributed by atoms with Crippen molar-refractivity contribution in [3.8, 4) is 6.07 Å². The molecular formula is C12H16F3N3. The van der Waals surface area contributed by atoms with E-state index in [9.17, 15) is 13.2 Å². The molecule has 6 heteroatoms. The van der Waals surface area contributed by atoms with Crippen molar-refractivity contribution < 1.29 is 13.2 Å². The van der Waals surface area contributed by atoms with Crippen molar-refractivity contribution in [2.24, 2.45) is 16.6 Å². The van der Waals surface area contributed by atoms with Gasteiger partial charge < -0.3 is 5.73 Å². The molecule has 2 N–H and O–H groups in total. The third kappa shape index (κ3) is 5.04. The Morgan fingerprint density at radius 2 is 2.06 bits per heavy atom. The summed E-state index contributed by atoms with van der Waals surface area (Å²) >= 11 is 0. The zero-order chi connectivity index (χ0) is 14.3. The van der Waals surface area contributed by atoms with Gasteiger partial charge in [-0.2, -0.15) is 18.4 Å². The first kappa shape index (κ1) is 16.2. The molecule has 0 spiro atoms. The average Bonchev–Trinajstić information content (AvgIpc) is 2.27. The van der Waals surface area contributed by atoms with Gasteiger partial charge in [0, 0.05) is 5.70 Å². The van der Waals surface area contributed by atoms with Gasteiger partial charge in [-0.25, -0.2) is 4.99 Å². The summed E-state index contributed by atoms with van der Waals surface area (Å²) < 4.78 is 37.5. The summed E-state index contributed by atoms with van der Waals surface area (Å²) in [6.45, 7) is 4.10.